The molecule has 3 rings (SSSR count). The molecular formula is C26H26N2O6. The van der Waals surface area contributed by atoms with E-state index in [1.807, 2.05) is 36.4 Å². The third kappa shape index (κ3) is 6.83. The van der Waals surface area contributed by atoms with Crippen molar-refractivity contribution in [2.75, 3.05) is 19.0 Å². The van der Waals surface area contributed by atoms with E-state index in [-0.39, 0.29) is 37.1 Å². The number of carbonyl (C=O) groups is 3. The van der Waals surface area contributed by atoms with Crippen molar-refractivity contribution in [2.45, 2.75) is 19.9 Å². The van der Waals surface area contributed by atoms with E-state index in [1.54, 1.807) is 38.3 Å². The number of rotatable bonds is 9. The normalized spacial score (nSPS) is 10.2. The lowest BCUT2D eigenvalue weighted by Gasteiger charge is -2.13. The fraction of sp³-hybridized carbons (Fsp3) is 0.192. The molecule has 0 aliphatic carbocycles. The maximum absolute atomic E-state index is 12.7. The summed E-state index contributed by atoms with van der Waals surface area (Å²) in [4.78, 5) is 36.6. The van der Waals surface area contributed by atoms with Gasteiger partial charge in [0.25, 0.3) is 5.91 Å². The number of hydrogen-bond donors (Lipinski definition) is 2. The molecule has 2 N–H and O–H groups in total. The number of hydrogen-bond acceptors (Lipinski definition) is 6. The number of ether oxygens (including phenoxy) is 3. The average Bonchev–Trinajstić information content (AvgIpc) is 2.84. The van der Waals surface area contributed by atoms with Crippen LogP contribution in [0.1, 0.15) is 28.4 Å². The van der Waals surface area contributed by atoms with Gasteiger partial charge < -0.3 is 24.8 Å². The molecule has 8 heteroatoms. The molecule has 0 bridgehead atoms. The van der Waals surface area contributed by atoms with E-state index in [2.05, 4.69) is 10.6 Å². The molecular weight excluding hydrogens is 436 g/mol. The van der Waals surface area contributed by atoms with Gasteiger partial charge in [0.05, 0.1) is 20.1 Å². The first-order chi connectivity index (χ1) is 16.5. The maximum atomic E-state index is 12.7. The molecule has 8 nitrogen and oxygen atoms in total. The molecule has 3 aromatic rings. The summed E-state index contributed by atoms with van der Waals surface area (Å²) in [5.74, 6) is 0.426. The van der Waals surface area contributed by atoms with Crippen molar-refractivity contribution in [2.24, 2.45) is 0 Å². The van der Waals surface area contributed by atoms with Gasteiger partial charge >= 0.3 is 6.16 Å². The van der Waals surface area contributed by atoms with Crippen LogP contribution in [0.15, 0.2) is 72.8 Å². The Morgan fingerprint density at radius 2 is 1.53 bits per heavy atom. The minimum atomic E-state index is -0.804. The van der Waals surface area contributed by atoms with E-state index >= 15 is 0 Å². The first-order valence-electron chi connectivity index (χ1n) is 10.7. The van der Waals surface area contributed by atoms with Crippen molar-refractivity contribution >= 4 is 23.7 Å². The van der Waals surface area contributed by atoms with Crippen molar-refractivity contribution in [1.82, 2.24) is 5.32 Å². The number of methoxy groups -OCH3 is 1. The molecule has 0 spiro atoms. The van der Waals surface area contributed by atoms with Crippen LogP contribution in [-0.2, 0) is 22.5 Å². The van der Waals surface area contributed by atoms with Crippen LogP contribution in [0.4, 0.5) is 10.5 Å². The van der Waals surface area contributed by atoms with Gasteiger partial charge in [0.15, 0.2) is 0 Å². The number of amides is 2. The third-order valence-corrected chi connectivity index (χ3v) is 4.86. The van der Waals surface area contributed by atoms with E-state index in [9.17, 15) is 14.4 Å². The lowest BCUT2D eigenvalue weighted by molar-refractivity contribution is -0.120. The average molecular weight is 463 g/mol. The largest absolute Gasteiger partial charge is 0.513 e. The van der Waals surface area contributed by atoms with Crippen molar-refractivity contribution in [3.05, 3.63) is 89.5 Å². The van der Waals surface area contributed by atoms with E-state index in [4.69, 9.17) is 14.2 Å². The van der Waals surface area contributed by atoms with Gasteiger partial charge in [-0.2, -0.15) is 0 Å². The molecule has 3 aromatic carbocycles. The number of anilines is 1. The summed E-state index contributed by atoms with van der Waals surface area (Å²) in [6.45, 7) is 2.13. The second-order valence-corrected chi connectivity index (χ2v) is 7.19. The number of para-hydroxylation sites is 2. The second-order valence-electron chi connectivity index (χ2n) is 7.19. The highest BCUT2D eigenvalue weighted by atomic mass is 16.7. The second kappa shape index (κ2) is 12.1. The van der Waals surface area contributed by atoms with Gasteiger partial charge in [0.1, 0.15) is 11.5 Å². The summed E-state index contributed by atoms with van der Waals surface area (Å²) in [5.41, 5.74) is 2.51. The van der Waals surface area contributed by atoms with Crippen molar-refractivity contribution in [3.63, 3.8) is 0 Å². The van der Waals surface area contributed by atoms with Crippen LogP contribution >= 0.6 is 0 Å². The summed E-state index contributed by atoms with van der Waals surface area (Å²) in [5, 5.41) is 5.74. The molecule has 0 fully saturated rings. The first kappa shape index (κ1) is 24.3. The van der Waals surface area contributed by atoms with Gasteiger partial charge in [-0.1, -0.05) is 36.4 Å². The highest BCUT2D eigenvalue weighted by molar-refractivity contribution is 6.04. The SMILES string of the molecule is CCOC(=O)Oc1ccc(C(=O)Nc2ccccc2CNC(=O)Cc2ccccc2OC)cc1. The number of nitrogens with one attached hydrogen (secondary N) is 2. The summed E-state index contributed by atoms with van der Waals surface area (Å²) in [6.07, 6.45) is -0.625. The number of carbonyl (C=O) groups excluding carboxylic acids is 3. The van der Waals surface area contributed by atoms with E-state index < -0.39 is 6.16 Å². The third-order valence-electron chi connectivity index (χ3n) is 4.86. The Bertz CT molecular complexity index is 1140. The Morgan fingerprint density at radius 1 is 0.853 bits per heavy atom. The quantitative estimate of drug-likeness (QED) is 0.362. The fourth-order valence-corrected chi connectivity index (χ4v) is 3.19. The zero-order valence-electron chi connectivity index (χ0n) is 19.0. The van der Waals surface area contributed by atoms with E-state index in [1.165, 1.54) is 12.1 Å². The van der Waals surface area contributed by atoms with Crippen LogP contribution in [0.2, 0.25) is 0 Å². The Labute approximate surface area is 197 Å². The lowest BCUT2D eigenvalue weighted by atomic mass is 10.1. The molecule has 0 saturated carbocycles. The van der Waals surface area contributed by atoms with Gasteiger partial charge in [0, 0.05) is 23.4 Å². The monoisotopic (exact) mass is 462 g/mol. The molecule has 0 unspecified atom stereocenters. The highest BCUT2D eigenvalue weighted by Crippen LogP contribution is 2.20. The summed E-state index contributed by atoms with van der Waals surface area (Å²) in [6, 6.07) is 20.7. The Balaban J connectivity index is 1.60. The molecule has 176 valence electrons. The molecule has 2 amide bonds. The minimum Gasteiger partial charge on any atom is -0.496 e. The maximum Gasteiger partial charge on any atom is 0.513 e. The number of benzene rings is 3. The molecule has 0 radical (unpaired) electrons. The van der Waals surface area contributed by atoms with Gasteiger partial charge in [-0.05, 0) is 48.9 Å². The smallest absolute Gasteiger partial charge is 0.496 e. The summed E-state index contributed by atoms with van der Waals surface area (Å²) in [7, 11) is 1.57. The molecule has 34 heavy (non-hydrogen) atoms. The molecule has 0 aliphatic rings. The molecule has 0 heterocycles. The predicted molar refractivity (Wildman–Crippen MR) is 127 cm³/mol. The van der Waals surface area contributed by atoms with Crippen LogP contribution in [0, 0.1) is 0 Å². The highest BCUT2D eigenvalue weighted by Gasteiger charge is 2.12. The van der Waals surface area contributed by atoms with Crippen LogP contribution < -0.4 is 20.1 Å². The summed E-state index contributed by atoms with van der Waals surface area (Å²) >= 11 is 0. The summed E-state index contributed by atoms with van der Waals surface area (Å²) < 4.78 is 15.0. The Hall–Kier alpha value is -4.33. The molecule has 0 aromatic heterocycles. The van der Waals surface area contributed by atoms with Crippen LogP contribution in [0.5, 0.6) is 11.5 Å². The topological polar surface area (TPSA) is 103 Å². The molecule has 0 aliphatic heterocycles. The van der Waals surface area contributed by atoms with E-state index in [0.29, 0.717) is 17.0 Å². The predicted octanol–water partition coefficient (Wildman–Crippen LogP) is 4.34. The zero-order chi connectivity index (χ0) is 24.3. The standard InChI is InChI=1S/C26H26N2O6/c1-3-33-26(31)34-21-14-12-18(13-15-21)25(30)28-22-10-6-4-9-20(22)17-27-24(29)16-19-8-5-7-11-23(19)32-2/h4-15H,3,16-17H2,1-2H3,(H,27,29)(H,28,30). The Morgan fingerprint density at radius 3 is 2.24 bits per heavy atom. The van der Waals surface area contributed by atoms with Crippen LogP contribution in [0.25, 0.3) is 0 Å². The molecule has 0 saturated heterocycles. The van der Waals surface area contributed by atoms with Crippen molar-refractivity contribution in [3.8, 4) is 11.5 Å². The zero-order valence-corrected chi connectivity index (χ0v) is 19.0. The van der Waals surface area contributed by atoms with Crippen LogP contribution in [0.3, 0.4) is 0 Å². The lowest BCUT2D eigenvalue weighted by Crippen LogP contribution is -2.25. The molecule has 0 atom stereocenters. The van der Waals surface area contributed by atoms with Gasteiger partial charge in [-0.15, -0.1) is 0 Å². The van der Waals surface area contributed by atoms with Crippen LogP contribution in [-0.4, -0.2) is 31.7 Å². The van der Waals surface area contributed by atoms with E-state index in [0.717, 1.165) is 11.1 Å². The fourth-order valence-electron chi connectivity index (χ4n) is 3.19. The minimum absolute atomic E-state index is 0.164. The Kier molecular flexibility index (Phi) is 8.62. The van der Waals surface area contributed by atoms with Gasteiger partial charge in [-0.3, -0.25) is 9.59 Å². The van der Waals surface area contributed by atoms with Gasteiger partial charge in [0.2, 0.25) is 5.91 Å². The first-order valence-corrected chi connectivity index (χ1v) is 10.7. The van der Waals surface area contributed by atoms with Gasteiger partial charge in [-0.25, -0.2) is 4.79 Å². The van der Waals surface area contributed by atoms with Crippen molar-refractivity contribution < 1.29 is 28.6 Å². The van der Waals surface area contributed by atoms with Crippen molar-refractivity contribution in [1.29, 1.82) is 0 Å².